The van der Waals surface area contributed by atoms with Crippen molar-refractivity contribution in [3.8, 4) is 5.75 Å². The lowest BCUT2D eigenvalue weighted by Crippen LogP contribution is -2.51. The number of amides is 1. The van der Waals surface area contributed by atoms with Crippen molar-refractivity contribution < 1.29 is 18.7 Å². The molecule has 1 aliphatic rings. The molecular weight excluding hydrogens is 335 g/mol. The van der Waals surface area contributed by atoms with E-state index in [0.717, 1.165) is 5.69 Å². The molecule has 5 nitrogen and oxygen atoms in total. The van der Waals surface area contributed by atoms with Crippen LogP contribution in [-0.2, 0) is 4.74 Å². The molecule has 0 aliphatic carbocycles. The average molecular weight is 358 g/mol. The number of halogens is 1. The lowest BCUT2D eigenvalue weighted by Gasteiger charge is -2.32. The first-order valence-electron chi connectivity index (χ1n) is 8.61. The molecule has 1 saturated heterocycles. The number of hydrogen-bond donors (Lipinski definition) is 1. The maximum Gasteiger partial charge on any atom is 0.251 e. The van der Waals surface area contributed by atoms with E-state index >= 15 is 0 Å². The zero-order valence-electron chi connectivity index (χ0n) is 14.9. The zero-order valence-corrected chi connectivity index (χ0v) is 14.9. The first-order valence-corrected chi connectivity index (χ1v) is 8.61. The predicted molar refractivity (Wildman–Crippen MR) is 98.3 cm³/mol. The highest BCUT2D eigenvalue weighted by Crippen LogP contribution is 2.20. The Morgan fingerprint density at radius 1 is 1.23 bits per heavy atom. The van der Waals surface area contributed by atoms with Crippen LogP contribution in [0.15, 0.2) is 48.5 Å². The molecule has 2 atom stereocenters. The second-order valence-electron chi connectivity index (χ2n) is 6.50. The van der Waals surface area contributed by atoms with E-state index in [2.05, 4.69) is 5.32 Å². The van der Waals surface area contributed by atoms with E-state index in [1.165, 1.54) is 12.1 Å². The Bertz CT molecular complexity index is 749. The number of carbonyl (C=O) groups is 1. The quantitative estimate of drug-likeness (QED) is 0.893. The van der Waals surface area contributed by atoms with Gasteiger partial charge in [0.25, 0.3) is 5.91 Å². The Hall–Kier alpha value is -2.60. The van der Waals surface area contributed by atoms with Gasteiger partial charge in [-0.15, -0.1) is 0 Å². The standard InChI is InChI=1S/C20H23FN2O3/c1-23(2)16-8-6-14(7-9-16)20(24)22-18-13-25-11-10-19(18)26-17-5-3-4-15(21)12-17/h3-9,12,18-19H,10-11,13H2,1-2H3,(H,22,24)/t18-,19+/m1/s1. The van der Waals surface area contributed by atoms with E-state index < -0.39 is 0 Å². The minimum absolute atomic E-state index is 0.182. The van der Waals surface area contributed by atoms with Gasteiger partial charge in [0.15, 0.2) is 0 Å². The number of hydrogen-bond acceptors (Lipinski definition) is 4. The fourth-order valence-corrected chi connectivity index (χ4v) is 2.87. The molecule has 2 aromatic carbocycles. The van der Waals surface area contributed by atoms with Crippen LogP contribution in [0.2, 0.25) is 0 Å². The molecule has 0 unspecified atom stereocenters. The summed E-state index contributed by atoms with van der Waals surface area (Å²) in [6, 6.07) is 13.1. The Labute approximate surface area is 152 Å². The van der Waals surface area contributed by atoms with Crippen molar-refractivity contribution in [2.45, 2.75) is 18.6 Å². The van der Waals surface area contributed by atoms with Gasteiger partial charge < -0.3 is 19.7 Å². The van der Waals surface area contributed by atoms with Crippen LogP contribution < -0.4 is 15.0 Å². The summed E-state index contributed by atoms with van der Waals surface area (Å²) >= 11 is 0. The van der Waals surface area contributed by atoms with E-state index in [-0.39, 0.29) is 23.9 Å². The topological polar surface area (TPSA) is 50.8 Å². The average Bonchev–Trinajstić information content (AvgIpc) is 2.63. The van der Waals surface area contributed by atoms with Crippen LogP contribution in [-0.4, -0.2) is 45.4 Å². The Morgan fingerprint density at radius 3 is 2.69 bits per heavy atom. The third-order valence-corrected chi connectivity index (χ3v) is 4.34. The van der Waals surface area contributed by atoms with Gasteiger partial charge in [-0.3, -0.25) is 4.79 Å². The van der Waals surface area contributed by atoms with E-state index in [4.69, 9.17) is 9.47 Å². The van der Waals surface area contributed by atoms with Crippen molar-refractivity contribution in [1.29, 1.82) is 0 Å². The number of carbonyl (C=O) groups excluding carboxylic acids is 1. The van der Waals surface area contributed by atoms with Gasteiger partial charge in [-0.1, -0.05) is 6.07 Å². The summed E-state index contributed by atoms with van der Waals surface area (Å²) in [5.74, 6) is -0.0822. The van der Waals surface area contributed by atoms with E-state index in [0.29, 0.717) is 30.9 Å². The van der Waals surface area contributed by atoms with Crippen LogP contribution in [0.5, 0.6) is 5.75 Å². The van der Waals surface area contributed by atoms with Crippen molar-refractivity contribution in [1.82, 2.24) is 5.32 Å². The van der Waals surface area contributed by atoms with Crippen LogP contribution in [0, 0.1) is 5.82 Å². The van der Waals surface area contributed by atoms with Crippen LogP contribution >= 0.6 is 0 Å². The predicted octanol–water partition coefficient (Wildman–Crippen LogP) is 2.86. The van der Waals surface area contributed by atoms with E-state index in [1.54, 1.807) is 24.3 Å². The van der Waals surface area contributed by atoms with E-state index in [1.807, 2.05) is 31.1 Å². The Balaban J connectivity index is 1.66. The van der Waals surface area contributed by atoms with Crippen molar-refractivity contribution in [3.63, 3.8) is 0 Å². The van der Waals surface area contributed by atoms with Crippen molar-refractivity contribution in [3.05, 3.63) is 59.9 Å². The molecule has 0 spiro atoms. The summed E-state index contributed by atoms with van der Waals surface area (Å²) < 4.78 is 24.7. The van der Waals surface area contributed by atoms with Gasteiger partial charge in [0.2, 0.25) is 0 Å². The molecule has 1 fully saturated rings. The Morgan fingerprint density at radius 2 is 2.00 bits per heavy atom. The minimum atomic E-state index is -0.351. The van der Waals surface area contributed by atoms with E-state index in [9.17, 15) is 9.18 Å². The molecule has 1 N–H and O–H groups in total. The molecule has 2 aromatic rings. The third kappa shape index (κ3) is 4.52. The van der Waals surface area contributed by atoms with Gasteiger partial charge >= 0.3 is 0 Å². The van der Waals surface area contributed by atoms with Crippen molar-refractivity contribution >= 4 is 11.6 Å². The molecule has 26 heavy (non-hydrogen) atoms. The van der Waals surface area contributed by atoms with Crippen LogP contribution in [0.1, 0.15) is 16.8 Å². The largest absolute Gasteiger partial charge is 0.488 e. The zero-order chi connectivity index (χ0) is 18.5. The van der Waals surface area contributed by atoms with Gasteiger partial charge in [-0.25, -0.2) is 4.39 Å². The summed E-state index contributed by atoms with van der Waals surface area (Å²) in [7, 11) is 3.89. The van der Waals surface area contributed by atoms with Crippen molar-refractivity contribution in [2.24, 2.45) is 0 Å². The fourth-order valence-electron chi connectivity index (χ4n) is 2.87. The molecule has 0 radical (unpaired) electrons. The monoisotopic (exact) mass is 358 g/mol. The lowest BCUT2D eigenvalue weighted by molar-refractivity contribution is -0.00297. The normalized spacial score (nSPS) is 19.7. The molecule has 3 rings (SSSR count). The highest BCUT2D eigenvalue weighted by Gasteiger charge is 2.29. The summed E-state index contributed by atoms with van der Waals surface area (Å²) in [5, 5.41) is 2.97. The minimum Gasteiger partial charge on any atom is -0.488 e. The fraction of sp³-hybridized carbons (Fsp3) is 0.350. The number of benzene rings is 2. The summed E-state index contributed by atoms with van der Waals surface area (Å²) in [5.41, 5.74) is 1.60. The third-order valence-electron chi connectivity index (χ3n) is 4.34. The maximum absolute atomic E-state index is 13.4. The van der Waals surface area contributed by atoms with Crippen LogP contribution in [0.25, 0.3) is 0 Å². The summed E-state index contributed by atoms with van der Waals surface area (Å²) in [6.45, 7) is 0.908. The highest BCUT2D eigenvalue weighted by atomic mass is 19.1. The molecule has 138 valence electrons. The van der Waals surface area contributed by atoms with Crippen LogP contribution in [0.3, 0.4) is 0 Å². The maximum atomic E-state index is 13.4. The molecule has 1 amide bonds. The molecule has 6 heteroatoms. The highest BCUT2D eigenvalue weighted by molar-refractivity contribution is 5.94. The number of ether oxygens (including phenoxy) is 2. The van der Waals surface area contributed by atoms with Gasteiger partial charge in [-0.2, -0.15) is 0 Å². The molecular formula is C20H23FN2O3. The molecule has 0 bridgehead atoms. The van der Waals surface area contributed by atoms with Crippen molar-refractivity contribution in [2.75, 3.05) is 32.2 Å². The molecule has 0 saturated carbocycles. The second kappa shape index (κ2) is 8.19. The number of nitrogens with one attached hydrogen (secondary N) is 1. The Kier molecular flexibility index (Phi) is 5.73. The van der Waals surface area contributed by atoms with Gasteiger partial charge in [0.1, 0.15) is 17.7 Å². The number of rotatable bonds is 5. The first kappa shape index (κ1) is 18.2. The summed E-state index contributed by atoms with van der Waals surface area (Å²) in [6.07, 6.45) is 0.358. The second-order valence-corrected chi connectivity index (χ2v) is 6.50. The molecule has 1 aliphatic heterocycles. The first-order chi connectivity index (χ1) is 12.5. The SMILES string of the molecule is CN(C)c1ccc(C(=O)N[C@@H]2COCC[C@@H]2Oc2cccc(F)c2)cc1. The van der Waals surface area contributed by atoms with Gasteiger partial charge in [-0.05, 0) is 36.4 Å². The smallest absolute Gasteiger partial charge is 0.251 e. The molecule has 1 heterocycles. The van der Waals surface area contributed by atoms with Crippen LogP contribution in [0.4, 0.5) is 10.1 Å². The lowest BCUT2D eigenvalue weighted by atomic mass is 10.1. The number of anilines is 1. The van der Waals surface area contributed by atoms with Gasteiger partial charge in [0, 0.05) is 37.8 Å². The summed E-state index contributed by atoms with van der Waals surface area (Å²) in [4.78, 5) is 14.5. The van der Waals surface area contributed by atoms with Gasteiger partial charge in [0.05, 0.1) is 19.3 Å². The number of nitrogens with zero attached hydrogens (tertiary/aromatic N) is 1. The molecule has 0 aromatic heterocycles.